The molecule has 0 aromatic heterocycles. The molecule has 0 aromatic carbocycles. The molecule has 1 heterocycles. The van der Waals surface area contributed by atoms with Crippen LogP contribution in [0.2, 0.25) is 0 Å². The van der Waals surface area contributed by atoms with Gasteiger partial charge in [-0.05, 0) is 26.3 Å². The van der Waals surface area contributed by atoms with Crippen LogP contribution in [0.15, 0.2) is 37.0 Å². The summed E-state index contributed by atoms with van der Waals surface area (Å²) in [6.45, 7) is 12.8. The van der Waals surface area contributed by atoms with E-state index >= 15 is 0 Å². The first-order valence-electron chi connectivity index (χ1n) is 8.17. The number of hydrogen-bond donors (Lipinski definition) is 2. The summed E-state index contributed by atoms with van der Waals surface area (Å²) in [5, 5.41) is 5.46. The summed E-state index contributed by atoms with van der Waals surface area (Å²) >= 11 is 0. The minimum absolute atomic E-state index is 0.126. The quantitative estimate of drug-likeness (QED) is 0.590. The van der Waals surface area contributed by atoms with Crippen molar-refractivity contribution >= 4 is 18.0 Å². The lowest BCUT2D eigenvalue weighted by molar-refractivity contribution is -0.134. The molecule has 7 nitrogen and oxygen atoms in total. The summed E-state index contributed by atoms with van der Waals surface area (Å²) in [6, 6.07) is -0.642. The second kappa shape index (κ2) is 6.74. The van der Waals surface area contributed by atoms with Gasteiger partial charge in [0.1, 0.15) is 11.1 Å². The Bertz CT molecular complexity index is 639. The van der Waals surface area contributed by atoms with Crippen molar-refractivity contribution in [3.63, 3.8) is 0 Å². The van der Waals surface area contributed by atoms with Gasteiger partial charge in [0, 0.05) is 18.9 Å². The number of ether oxygens (including phenoxy) is 1. The maximum absolute atomic E-state index is 12.6. The third kappa shape index (κ3) is 4.29. The number of urea groups is 1. The van der Waals surface area contributed by atoms with E-state index in [0.717, 1.165) is 4.90 Å². The Labute approximate surface area is 147 Å². The van der Waals surface area contributed by atoms with Crippen LogP contribution in [0.5, 0.6) is 0 Å². The first-order chi connectivity index (χ1) is 11.6. The molecule has 2 aliphatic rings. The van der Waals surface area contributed by atoms with E-state index in [-0.39, 0.29) is 18.5 Å². The molecular weight excluding hydrogens is 322 g/mol. The first-order valence-corrected chi connectivity index (χ1v) is 8.17. The molecule has 0 bridgehead atoms. The fourth-order valence-corrected chi connectivity index (χ4v) is 2.91. The zero-order valence-electron chi connectivity index (χ0n) is 14.9. The zero-order valence-corrected chi connectivity index (χ0v) is 14.9. The molecule has 2 fully saturated rings. The Morgan fingerprint density at radius 1 is 1.44 bits per heavy atom. The Morgan fingerprint density at radius 2 is 2.08 bits per heavy atom. The summed E-state index contributed by atoms with van der Waals surface area (Å²) < 4.78 is 5.19. The van der Waals surface area contributed by atoms with Gasteiger partial charge in [-0.1, -0.05) is 31.4 Å². The standard InChI is InChI=1S/C18H25N3O4/c1-6-7-8-12(2)11-21-14(22)18(20-15(21)23)9-13(10-18)19-16(24)25-17(3,4)5/h6-8,13H,1-2,9-11H2,3-5H3,(H,19,24)(H,20,23)/b8-7-. The van der Waals surface area contributed by atoms with Crippen LogP contribution in [0.25, 0.3) is 0 Å². The van der Waals surface area contributed by atoms with Crippen LogP contribution in [0.3, 0.4) is 0 Å². The lowest BCUT2D eigenvalue weighted by atomic mass is 9.72. The molecule has 1 saturated heterocycles. The molecule has 2 rings (SSSR count). The van der Waals surface area contributed by atoms with Crippen LogP contribution < -0.4 is 10.6 Å². The van der Waals surface area contributed by atoms with Crippen LogP contribution in [0, 0.1) is 0 Å². The van der Waals surface area contributed by atoms with E-state index < -0.39 is 23.3 Å². The SMILES string of the molecule is C=C/C=C\C(=C)CN1C(=O)NC2(CC(NC(=O)OC(C)(C)C)C2)C1=O. The van der Waals surface area contributed by atoms with Crippen molar-refractivity contribution in [1.29, 1.82) is 0 Å². The van der Waals surface area contributed by atoms with E-state index in [0.29, 0.717) is 18.4 Å². The van der Waals surface area contributed by atoms with Crippen LogP contribution in [0.1, 0.15) is 33.6 Å². The van der Waals surface area contributed by atoms with Gasteiger partial charge in [-0.25, -0.2) is 9.59 Å². The van der Waals surface area contributed by atoms with Gasteiger partial charge in [0.05, 0.1) is 6.54 Å². The molecular formula is C18H25N3O4. The topological polar surface area (TPSA) is 87.7 Å². The van der Waals surface area contributed by atoms with Gasteiger partial charge in [0.2, 0.25) is 0 Å². The van der Waals surface area contributed by atoms with E-state index in [1.807, 2.05) is 0 Å². The molecule has 0 atom stereocenters. The van der Waals surface area contributed by atoms with Crippen LogP contribution in [-0.2, 0) is 9.53 Å². The predicted molar refractivity (Wildman–Crippen MR) is 93.8 cm³/mol. The van der Waals surface area contributed by atoms with E-state index in [1.165, 1.54) is 0 Å². The van der Waals surface area contributed by atoms with Crippen molar-refractivity contribution in [1.82, 2.24) is 15.5 Å². The molecule has 1 aliphatic carbocycles. The highest BCUT2D eigenvalue weighted by Crippen LogP contribution is 2.38. The maximum Gasteiger partial charge on any atom is 0.407 e. The monoisotopic (exact) mass is 347 g/mol. The van der Waals surface area contributed by atoms with Gasteiger partial charge in [0.15, 0.2) is 0 Å². The zero-order chi connectivity index (χ0) is 18.8. The highest BCUT2D eigenvalue weighted by atomic mass is 16.6. The molecule has 1 spiro atoms. The van der Waals surface area contributed by atoms with E-state index in [1.54, 1.807) is 39.0 Å². The smallest absolute Gasteiger partial charge is 0.407 e. The molecule has 4 amide bonds. The first kappa shape index (κ1) is 18.8. The molecule has 2 N–H and O–H groups in total. The second-order valence-electron chi connectivity index (χ2n) is 7.41. The molecule has 25 heavy (non-hydrogen) atoms. The third-order valence-corrected chi connectivity index (χ3v) is 3.99. The Morgan fingerprint density at radius 3 is 2.64 bits per heavy atom. The third-order valence-electron chi connectivity index (χ3n) is 3.99. The van der Waals surface area contributed by atoms with Crippen molar-refractivity contribution in [2.45, 2.75) is 50.8 Å². The largest absolute Gasteiger partial charge is 0.444 e. The number of rotatable bonds is 5. The summed E-state index contributed by atoms with van der Waals surface area (Å²) in [7, 11) is 0. The van der Waals surface area contributed by atoms with Gasteiger partial charge in [-0.3, -0.25) is 9.69 Å². The number of amides is 4. The van der Waals surface area contributed by atoms with E-state index in [4.69, 9.17) is 4.74 Å². The summed E-state index contributed by atoms with van der Waals surface area (Å²) in [5.74, 6) is -0.284. The number of hydrogen-bond acceptors (Lipinski definition) is 4. The number of imide groups is 1. The molecule has 0 radical (unpaired) electrons. The minimum atomic E-state index is -0.931. The van der Waals surface area contributed by atoms with Crippen molar-refractivity contribution < 1.29 is 19.1 Å². The second-order valence-corrected chi connectivity index (χ2v) is 7.41. The minimum Gasteiger partial charge on any atom is -0.444 e. The summed E-state index contributed by atoms with van der Waals surface area (Å²) in [6.07, 6.45) is 5.17. The van der Waals surface area contributed by atoms with Crippen LogP contribution in [-0.4, -0.2) is 46.7 Å². The normalized spacial score (nSPS) is 25.7. The van der Waals surface area contributed by atoms with Crippen molar-refractivity contribution in [2.24, 2.45) is 0 Å². The average Bonchev–Trinajstić information content (AvgIpc) is 2.67. The van der Waals surface area contributed by atoms with Gasteiger partial charge >= 0.3 is 12.1 Å². The highest BCUT2D eigenvalue weighted by molar-refractivity contribution is 6.08. The summed E-state index contributed by atoms with van der Waals surface area (Å²) in [4.78, 5) is 37.6. The highest BCUT2D eigenvalue weighted by Gasteiger charge is 2.59. The number of carbonyl (C=O) groups is 3. The Hall–Kier alpha value is -2.57. The molecule has 0 unspecified atom stereocenters. The molecule has 0 aromatic rings. The number of allylic oxidation sites excluding steroid dienone is 2. The Kier molecular flexibility index (Phi) is 5.06. The van der Waals surface area contributed by atoms with Gasteiger partial charge in [-0.15, -0.1) is 0 Å². The van der Waals surface area contributed by atoms with Crippen molar-refractivity contribution in [3.8, 4) is 0 Å². The predicted octanol–water partition coefficient (Wildman–Crippen LogP) is 2.26. The molecule has 1 aliphatic heterocycles. The van der Waals surface area contributed by atoms with E-state index in [2.05, 4.69) is 23.8 Å². The van der Waals surface area contributed by atoms with Gasteiger partial charge < -0.3 is 15.4 Å². The number of carbonyl (C=O) groups excluding carboxylic acids is 3. The van der Waals surface area contributed by atoms with Crippen LogP contribution >= 0.6 is 0 Å². The van der Waals surface area contributed by atoms with Gasteiger partial charge in [-0.2, -0.15) is 0 Å². The lowest BCUT2D eigenvalue weighted by Crippen LogP contribution is -2.64. The fourth-order valence-electron chi connectivity index (χ4n) is 2.91. The number of alkyl carbamates (subject to hydrolysis) is 1. The molecule has 136 valence electrons. The van der Waals surface area contributed by atoms with Crippen molar-refractivity contribution in [3.05, 3.63) is 37.0 Å². The average molecular weight is 347 g/mol. The van der Waals surface area contributed by atoms with Crippen LogP contribution in [0.4, 0.5) is 9.59 Å². The van der Waals surface area contributed by atoms with Gasteiger partial charge in [0.25, 0.3) is 5.91 Å². The molecule has 1 saturated carbocycles. The molecule has 7 heteroatoms. The number of nitrogens with one attached hydrogen (secondary N) is 2. The maximum atomic E-state index is 12.6. The van der Waals surface area contributed by atoms with Crippen molar-refractivity contribution in [2.75, 3.05) is 6.54 Å². The number of nitrogens with zero attached hydrogens (tertiary/aromatic N) is 1. The van der Waals surface area contributed by atoms with E-state index in [9.17, 15) is 14.4 Å². The summed E-state index contributed by atoms with van der Waals surface area (Å²) in [5.41, 5.74) is -0.888. The Balaban J connectivity index is 1.91. The lowest BCUT2D eigenvalue weighted by Gasteiger charge is -2.42. The fraction of sp³-hybridized carbons (Fsp3) is 0.500.